The standard InChI is InChI=1S/C10H10O2/c1-7-9-5-3-2-4-8(9)6-12-10(7)11/h2-5,7H,6H2,1H3. The number of carbonyl (C=O) groups excluding carboxylic acids is 1. The highest BCUT2D eigenvalue weighted by molar-refractivity contribution is 5.79. The maximum atomic E-state index is 11.1. The van der Waals surface area contributed by atoms with E-state index in [-0.39, 0.29) is 11.9 Å². The minimum Gasteiger partial charge on any atom is -0.460 e. The smallest absolute Gasteiger partial charge is 0.313 e. The van der Waals surface area contributed by atoms with Crippen LogP contribution in [0.2, 0.25) is 0 Å². The van der Waals surface area contributed by atoms with E-state index in [0.29, 0.717) is 6.61 Å². The fourth-order valence-corrected chi connectivity index (χ4v) is 1.49. The molecule has 2 heteroatoms. The van der Waals surface area contributed by atoms with Gasteiger partial charge < -0.3 is 4.74 Å². The molecule has 0 spiro atoms. The Hall–Kier alpha value is -1.31. The lowest BCUT2D eigenvalue weighted by molar-refractivity contribution is -0.147. The van der Waals surface area contributed by atoms with E-state index in [1.165, 1.54) is 0 Å². The summed E-state index contributed by atoms with van der Waals surface area (Å²) in [4.78, 5) is 11.1. The lowest BCUT2D eigenvalue weighted by Crippen LogP contribution is -2.20. The van der Waals surface area contributed by atoms with Gasteiger partial charge in [-0.2, -0.15) is 0 Å². The van der Waals surface area contributed by atoms with E-state index < -0.39 is 0 Å². The summed E-state index contributed by atoms with van der Waals surface area (Å²) in [5.41, 5.74) is 2.23. The van der Waals surface area contributed by atoms with Gasteiger partial charge in [-0.3, -0.25) is 4.79 Å². The molecule has 2 nitrogen and oxygen atoms in total. The molecule has 0 saturated heterocycles. The van der Waals surface area contributed by atoms with Crippen LogP contribution in [0.3, 0.4) is 0 Å². The van der Waals surface area contributed by atoms with Crippen LogP contribution < -0.4 is 0 Å². The molecular formula is C10H10O2. The molecule has 0 saturated carbocycles. The first-order chi connectivity index (χ1) is 5.79. The average molecular weight is 162 g/mol. The molecule has 0 aliphatic carbocycles. The van der Waals surface area contributed by atoms with Gasteiger partial charge in [0.15, 0.2) is 0 Å². The molecular weight excluding hydrogens is 152 g/mol. The summed E-state index contributed by atoms with van der Waals surface area (Å²) in [5, 5.41) is 0. The van der Waals surface area contributed by atoms with Crippen LogP contribution in [0.4, 0.5) is 0 Å². The molecule has 1 atom stereocenters. The quantitative estimate of drug-likeness (QED) is 0.544. The summed E-state index contributed by atoms with van der Waals surface area (Å²) >= 11 is 0. The third-order valence-electron chi connectivity index (χ3n) is 2.25. The zero-order chi connectivity index (χ0) is 8.55. The van der Waals surface area contributed by atoms with Crippen LogP contribution in [-0.4, -0.2) is 5.97 Å². The Labute approximate surface area is 71.2 Å². The number of ether oxygens (including phenoxy) is 1. The van der Waals surface area contributed by atoms with Gasteiger partial charge in [-0.15, -0.1) is 0 Å². The normalized spacial score (nSPS) is 21.4. The van der Waals surface area contributed by atoms with Crippen molar-refractivity contribution >= 4 is 5.97 Å². The van der Waals surface area contributed by atoms with Gasteiger partial charge in [0.25, 0.3) is 0 Å². The molecule has 1 unspecified atom stereocenters. The van der Waals surface area contributed by atoms with E-state index in [4.69, 9.17) is 4.74 Å². The van der Waals surface area contributed by atoms with E-state index in [1.54, 1.807) is 0 Å². The second kappa shape index (κ2) is 2.63. The number of hydrogen-bond acceptors (Lipinski definition) is 2. The second-order valence-electron chi connectivity index (χ2n) is 3.03. The van der Waals surface area contributed by atoms with Crippen LogP contribution in [0.1, 0.15) is 24.0 Å². The first kappa shape index (κ1) is 7.35. The van der Waals surface area contributed by atoms with Gasteiger partial charge in [-0.05, 0) is 18.1 Å². The third kappa shape index (κ3) is 0.998. The second-order valence-corrected chi connectivity index (χ2v) is 3.03. The van der Waals surface area contributed by atoms with Gasteiger partial charge in [0, 0.05) is 0 Å². The third-order valence-corrected chi connectivity index (χ3v) is 2.25. The number of cyclic esters (lactones) is 1. The maximum absolute atomic E-state index is 11.1. The Morgan fingerprint density at radius 2 is 2.17 bits per heavy atom. The van der Waals surface area contributed by atoms with E-state index in [2.05, 4.69) is 0 Å². The van der Waals surface area contributed by atoms with Crippen molar-refractivity contribution in [3.05, 3.63) is 35.4 Å². The molecule has 0 radical (unpaired) electrons. The fourth-order valence-electron chi connectivity index (χ4n) is 1.49. The minimum absolute atomic E-state index is 0.102. The average Bonchev–Trinajstić information content (AvgIpc) is 2.12. The monoisotopic (exact) mass is 162 g/mol. The Morgan fingerprint density at radius 1 is 1.42 bits per heavy atom. The van der Waals surface area contributed by atoms with Gasteiger partial charge in [-0.25, -0.2) is 0 Å². The van der Waals surface area contributed by atoms with Crippen LogP contribution in [-0.2, 0) is 16.1 Å². The number of esters is 1. The molecule has 2 rings (SSSR count). The van der Waals surface area contributed by atoms with E-state index >= 15 is 0 Å². The van der Waals surface area contributed by atoms with Crippen molar-refractivity contribution in [2.45, 2.75) is 19.4 Å². The van der Waals surface area contributed by atoms with Crippen molar-refractivity contribution in [2.75, 3.05) is 0 Å². The van der Waals surface area contributed by atoms with Crippen LogP contribution in [0.25, 0.3) is 0 Å². The fraction of sp³-hybridized carbons (Fsp3) is 0.300. The highest BCUT2D eigenvalue weighted by Gasteiger charge is 2.24. The highest BCUT2D eigenvalue weighted by atomic mass is 16.5. The SMILES string of the molecule is CC1C(=O)OCc2ccccc21. The van der Waals surface area contributed by atoms with Crippen LogP contribution >= 0.6 is 0 Å². The predicted molar refractivity (Wildman–Crippen MR) is 44.7 cm³/mol. The van der Waals surface area contributed by atoms with Gasteiger partial charge in [0.2, 0.25) is 0 Å². The first-order valence-electron chi connectivity index (χ1n) is 4.03. The molecule has 0 fully saturated rings. The summed E-state index contributed by atoms with van der Waals surface area (Å²) in [6, 6.07) is 7.90. The molecule has 1 aliphatic rings. The Balaban J connectivity index is 2.48. The number of carbonyl (C=O) groups is 1. The van der Waals surface area contributed by atoms with Crippen LogP contribution in [0.15, 0.2) is 24.3 Å². The van der Waals surface area contributed by atoms with Crippen molar-refractivity contribution in [1.82, 2.24) is 0 Å². The molecule has 1 heterocycles. The van der Waals surface area contributed by atoms with Crippen molar-refractivity contribution in [3.8, 4) is 0 Å². The number of hydrogen-bond donors (Lipinski definition) is 0. The predicted octanol–water partition coefficient (Wildman–Crippen LogP) is 1.85. The molecule has 0 amide bonds. The van der Waals surface area contributed by atoms with Crippen LogP contribution in [0, 0.1) is 0 Å². The largest absolute Gasteiger partial charge is 0.460 e. The zero-order valence-electron chi connectivity index (χ0n) is 6.91. The van der Waals surface area contributed by atoms with Crippen LogP contribution in [0.5, 0.6) is 0 Å². The van der Waals surface area contributed by atoms with Gasteiger partial charge in [0.05, 0.1) is 5.92 Å². The summed E-state index contributed by atoms with van der Waals surface area (Å²) < 4.78 is 4.98. The van der Waals surface area contributed by atoms with E-state index in [1.807, 2.05) is 31.2 Å². The summed E-state index contributed by atoms with van der Waals surface area (Å²) in [6.45, 7) is 2.31. The molecule has 1 aliphatic heterocycles. The van der Waals surface area contributed by atoms with Gasteiger partial charge in [0.1, 0.15) is 6.61 Å². The highest BCUT2D eigenvalue weighted by Crippen LogP contribution is 2.26. The van der Waals surface area contributed by atoms with Crippen molar-refractivity contribution in [2.24, 2.45) is 0 Å². The van der Waals surface area contributed by atoms with Crippen molar-refractivity contribution in [3.63, 3.8) is 0 Å². The molecule has 62 valence electrons. The molecule has 0 aromatic heterocycles. The Bertz CT molecular complexity index is 317. The number of rotatable bonds is 0. The summed E-state index contributed by atoms with van der Waals surface area (Å²) in [6.07, 6.45) is 0. The van der Waals surface area contributed by atoms with Gasteiger partial charge in [-0.1, -0.05) is 24.3 Å². The maximum Gasteiger partial charge on any atom is 0.313 e. The van der Waals surface area contributed by atoms with E-state index in [0.717, 1.165) is 11.1 Å². The molecule has 1 aromatic rings. The number of benzene rings is 1. The molecule has 1 aromatic carbocycles. The van der Waals surface area contributed by atoms with E-state index in [9.17, 15) is 4.79 Å². The Kier molecular flexibility index (Phi) is 1.61. The summed E-state index contributed by atoms with van der Waals surface area (Å²) in [5.74, 6) is -0.219. The zero-order valence-corrected chi connectivity index (χ0v) is 6.91. The number of fused-ring (bicyclic) bond motifs is 1. The molecule has 12 heavy (non-hydrogen) atoms. The van der Waals surface area contributed by atoms with Crippen molar-refractivity contribution in [1.29, 1.82) is 0 Å². The lowest BCUT2D eigenvalue weighted by Gasteiger charge is -2.20. The van der Waals surface area contributed by atoms with Crippen molar-refractivity contribution < 1.29 is 9.53 Å². The van der Waals surface area contributed by atoms with Gasteiger partial charge >= 0.3 is 5.97 Å². The topological polar surface area (TPSA) is 26.3 Å². The lowest BCUT2D eigenvalue weighted by atomic mass is 9.94. The molecule has 0 N–H and O–H groups in total. The molecule has 0 bridgehead atoms. The summed E-state index contributed by atoms with van der Waals surface area (Å²) in [7, 11) is 0. The Morgan fingerprint density at radius 3 is 3.00 bits per heavy atom. The minimum atomic E-state index is -0.117. The first-order valence-corrected chi connectivity index (χ1v) is 4.03.